The summed E-state index contributed by atoms with van der Waals surface area (Å²) in [5.74, 6) is -1.50. The topological polar surface area (TPSA) is 119 Å². The molecule has 194 valence electrons. The average molecular weight is 520 g/mol. The van der Waals surface area contributed by atoms with Crippen molar-refractivity contribution in [3.05, 3.63) is 80.8 Å². The Morgan fingerprint density at radius 3 is 2.59 bits per heavy atom. The predicted octanol–water partition coefficient (Wildman–Crippen LogP) is 4.31. The molecule has 0 aliphatic rings. The van der Waals surface area contributed by atoms with E-state index in [0.717, 1.165) is 24.5 Å². The molecule has 13 heteroatoms. The summed E-state index contributed by atoms with van der Waals surface area (Å²) in [5.41, 5.74) is 1.68. The summed E-state index contributed by atoms with van der Waals surface area (Å²) in [6, 6.07) is 4.59. The number of hydrogen-bond acceptors (Lipinski definition) is 6. The fourth-order valence-corrected chi connectivity index (χ4v) is 3.96. The van der Waals surface area contributed by atoms with Gasteiger partial charge in [0.05, 0.1) is 34.8 Å². The van der Waals surface area contributed by atoms with Gasteiger partial charge in [0.2, 0.25) is 0 Å². The number of nitrogen functional groups attached to an aromatic ring is 1. The van der Waals surface area contributed by atoms with Gasteiger partial charge >= 0.3 is 6.18 Å². The second-order valence-electron chi connectivity index (χ2n) is 8.50. The maximum absolute atomic E-state index is 14.8. The number of fused-ring (bicyclic) bond motifs is 1. The number of aryl methyl sites for hydroxylation is 1. The van der Waals surface area contributed by atoms with Gasteiger partial charge in [-0.15, -0.1) is 0 Å². The smallest absolute Gasteiger partial charge is 0.395 e. The van der Waals surface area contributed by atoms with Crippen LogP contribution in [0.2, 0.25) is 0 Å². The zero-order valence-corrected chi connectivity index (χ0v) is 19.4. The van der Waals surface area contributed by atoms with Gasteiger partial charge in [-0.3, -0.25) is 14.6 Å². The van der Waals surface area contributed by atoms with Crippen molar-refractivity contribution in [2.75, 3.05) is 11.1 Å². The van der Waals surface area contributed by atoms with Crippen molar-refractivity contribution in [2.24, 2.45) is 0 Å². The highest BCUT2D eigenvalue weighted by Gasteiger charge is 2.37. The normalized spacial score (nSPS) is 12.6. The van der Waals surface area contributed by atoms with Crippen molar-refractivity contribution < 1.29 is 22.0 Å². The van der Waals surface area contributed by atoms with Crippen molar-refractivity contribution in [1.82, 2.24) is 19.7 Å². The second kappa shape index (κ2) is 9.99. The number of rotatable bonds is 7. The summed E-state index contributed by atoms with van der Waals surface area (Å²) >= 11 is 0. The van der Waals surface area contributed by atoms with Crippen LogP contribution in [0, 0.1) is 11.6 Å². The molecule has 3 heterocycles. The molecule has 0 spiro atoms. The Kier molecular flexibility index (Phi) is 6.96. The lowest BCUT2D eigenvalue weighted by molar-refractivity contribution is -0.138. The lowest BCUT2D eigenvalue weighted by atomic mass is 10.0. The van der Waals surface area contributed by atoms with Gasteiger partial charge in [-0.2, -0.15) is 18.3 Å². The Hall–Kier alpha value is -4.29. The van der Waals surface area contributed by atoms with Crippen LogP contribution in [0.1, 0.15) is 25.3 Å². The maximum Gasteiger partial charge on any atom is 0.423 e. The fourth-order valence-electron chi connectivity index (χ4n) is 3.96. The summed E-state index contributed by atoms with van der Waals surface area (Å²) in [5, 5.41) is 8.36. The number of nitrogens with zero attached hydrogens (tertiary/aromatic N) is 3. The SMILES string of the molecule is C[C@@H](CCCn1ccc2cc(-c3cc(F)c(N)cn3)c(F)cc2c1=O)Nc1cn[nH]c(=O)c1C(F)(F)F. The molecule has 4 rings (SSSR count). The third kappa shape index (κ3) is 5.44. The molecule has 0 unspecified atom stereocenters. The number of halogens is 5. The maximum atomic E-state index is 14.8. The zero-order chi connectivity index (χ0) is 26.9. The number of H-pyrrole nitrogens is 1. The molecule has 0 aliphatic heterocycles. The van der Waals surface area contributed by atoms with E-state index in [1.807, 2.05) is 0 Å². The third-order valence-electron chi connectivity index (χ3n) is 5.80. The van der Waals surface area contributed by atoms with Gasteiger partial charge in [-0.1, -0.05) is 0 Å². The number of aromatic amines is 1. The number of hydrogen-bond donors (Lipinski definition) is 3. The Morgan fingerprint density at radius 1 is 1.14 bits per heavy atom. The van der Waals surface area contributed by atoms with E-state index in [0.29, 0.717) is 18.2 Å². The molecule has 0 amide bonds. The van der Waals surface area contributed by atoms with Crippen LogP contribution in [0.25, 0.3) is 22.0 Å². The number of pyridine rings is 2. The molecule has 4 N–H and O–H groups in total. The standard InChI is InChI=1S/C24H21F5N6O2/c1-12(33-20-11-32-34-22(36)21(20)24(27,28)29)3-2-5-35-6-4-13-7-15(16(25)8-14(13)23(35)37)19-9-17(26)18(30)10-31-19/h4,6-12H,2-3,5,30H2,1H3,(H2,33,34,36)/t12-/m0/s1. The first-order valence-electron chi connectivity index (χ1n) is 11.1. The molecular formula is C24H21F5N6O2. The van der Waals surface area contributed by atoms with Crippen LogP contribution in [-0.2, 0) is 12.7 Å². The van der Waals surface area contributed by atoms with E-state index in [4.69, 9.17) is 5.73 Å². The number of nitrogens with two attached hydrogens (primary N) is 1. The molecule has 0 fully saturated rings. The molecule has 4 aromatic rings. The Morgan fingerprint density at radius 2 is 1.89 bits per heavy atom. The van der Waals surface area contributed by atoms with E-state index in [2.05, 4.69) is 15.4 Å². The largest absolute Gasteiger partial charge is 0.423 e. The quantitative estimate of drug-likeness (QED) is 0.313. The molecule has 0 bridgehead atoms. The first-order chi connectivity index (χ1) is 17.5. The number of aromatic nitrogens is 4. The molecule has 3 aromatic heterocycles. The van der Waals surface area contributed by atoms with Gasteiger partial charge in [-0.05, 0) is 43.4 Å². The highest BCUT2D eigenvalue weighted by Crippen LogP contribution is 2.32. The fraction of sp³-hybridized carbons (Fsp3) is 0.250. The summed E-state index contributed by atoms with van der Waals surface area (Å²) in [4.78, 5) is 28.4. The Balaban J connectivity index is 1.48. The molecule has 37 heavy (non-hydrogen) atoms. The third-order valence-corrected chi connectivity index (χ3v) is 5.80. The number of benzene rings is 1. The molecule has 0 aliphatic carbocycles. The molecule has 8 nitrogen and oxygen atoms in total. The van der Waals surface area contributed by atoms with Crippen molar-refractivity contribution in [1.29, 1.82) is 0 Å². The van der Waals surface area contributed by atoms with Crippen LogP contribution in [0.15, 0.2) is 52.4 Å². The van der Waals surface area contributed by atoms with Gasteiger partial charge in [-0.25, -0.2) is 13.9 Å². The highest BCUT2D eigenvalue weighted by atomic mass is 19.4. The first kappa shape index (κ1) is 25.8. The minimum absolute atomic E-state index is 0.0101. The van der Waals surface area contributed by atoms with Crippen LogP contribution < -0.4 is 22.2 Å². The molecule has 0 radical (unpaired) electrons. The van der Waals surface area contributed by atoms with E-state index in [-0.39, 0.29) is 28.9 Å². The van der Waals surface area contributed by atoms with E-state index < -0.39 is 46.2 Å². The summed E-state index contributed by atoms with van der Waals surface area (Å²) in [6.07, 6.45) is -0.610. The molecule has 0 saturated carbocycles. The highest BCUT2D eigenvalue weighted by molar-refractivity contribution is 5.86. The van der Waals surface area contributed by atoms with Gasteiger partial charge < -0.3 is 15.6 Å². The van der Waals surface area contributed by atoms with Crippen LogP contribution in [0.4, 0.5) is 33.3 Å². The Labute approximate surface area is 206 Å². The van der Waals surface area contributed by atoms with E-state index >= 15 is 0 Å². The predicted molar refractivity (Wildman–Crippen MR) is 128 cm³/mol. The molecule has 1 atom stereocenters. The van der Waals surface area contributed by atoms with Crippen molar-refractivity contribution in [3.8, 4) is 11.3 Å². The van der Waals surface area contributed by atoms with Gasteiger partial charge in [0.15, 0.2) is 0 Å². The minimum Gasteiger partial charge on any atom is -0.395 e. The number of nitrogens with one attached hydrogen (secondary N) is 2. The summed E-state index contributed by atoms with van der Waals surface area (Å²) in [6.45, 7) is 1.85. The second-order valence-corrected chi connectivity index (χ2v) is 8.50. The first-order valence-corrected chi connectivity index (χ1v) is 11.1. The monoisotopic (exact) mass is 520 g/mol. The van der Waals surface area contributed by atoms with E-state index in [1.165, 1.54) is 16.8 Å². The van der Waals surface area contributed by atoms with E-state index in [9.17, 15) is 31.5 Å². The zero-order valence-electron chi connectivity index (χ0n) is 19.4. The van der Waals surface area contributed by atoms with Crippen LogP contribution >= 0.6 is 0 Å². The summed E-state index contributed by atoms with van der Waals surface area (Å²) < 4.78 is 69.6. The molecular weight excluding hydrogens is 499 g/mol. The van der Waals surface area contributed by atoms with Crippen molar-refractivity contribution >= 4 is 22.1 Å². The van der Waals surface area contributed by atoms with Crippen molar-refractivity contribution in [3.63, 3.8) is 0 Å². The van der Waals surface area contributed by atoms with E-state index in [1.54, 1.807) is 18.1 Å². The van der Waals surface area contributed by atoms with Gasteiger partial charge in [0.25, 0.3) is 11.1 Å². The number of anilines is 2. The van der Waals surface area contributed by atoms with Gasteiger partial charge in [0, 0.05) is 30.4 Å². The molecule has 1 aromatic carbocycles. The lowest BCUT2D eigenvalue weighted by Crippen LogP contribution is -2.27. The molecule has 0 saturated heterocycles. The summed E-state index contributed by atoms with van der Waals surface area (Å²) in [7, 11) is 0. The number of alkyl halides is 3. The van der Waals surface area contributed by atoms with Gasteiger partial charge in [0.1, 0.15) is 17.2 Å². The minimum atomic E-state index is -4.86. The Bertz CT molecular complexity index is 1580. The average Bonchev–Trinajstić information content (AvgIpc) is 2.81. The lowest BCUT2D eigenvalue weighted by Gasteiger charge is -2.18. The van der Waals surface area contributed by atoms with Crippen LogP contribution in [0.3, 0.4) is 0 Å². The van der Waals surface area contributed by atoms with Crippen LogP contribution in [-0.4, -0.2) is 25.8 Å². The van der Waals surface area contributed by atoms with Crippen LogP contribution in [0.5, 0.6) is 0 Å². The van der Waals surface area contributed by atoms with Crippen molar-refractivity contribution in [2.45, 2.75) is 38.5 Å².